The summed E-state index contributed by atoms with van der Waals surface area (Å²) in [4.78, 5) is 0. The van der Waals surface area contributed by atoms with E-state index in [2.05, 4.69) is 13.8 Å². The van der Waals surface area contributed by atoms with Crippen molar-refractivity contribution in [2.75, 3.05) is 6.54 Å². The minimum absolute atomic E-state index is 0.874. The summed E-state index contributed by atoms with van der Waals surface area (Å²) < 4.78 is 0. The molecule has 0 heterocycles. The fraction of sp³-hybridized carbons (Fsp3) is 1.00. The molecule has 0 spiro atoms. The molecule has 0 bridgehead atoms. The molecule has 0 aromatic carbocycles. The molecular formula is C22H47N. The average Bonchev–Trinajstić information content (AvgIpc) is 2.57. The second-order valence-corrected chi connectivity index (χ2v) is 7.62. The van der Waals surface area contributed by atoms with Gasteiger partial charge in [0.15, 0.2) is 0 Å². The fourth-order valence-corrected chi connectivity index (χ4v) is 3.61. The van der Waals surface area contributed by atoms with Crippen LogP contribution in [0.4, 0.5) is 0 Å². The second-order valence-electron chi connectivity index (χ2n) is 7.62. The summed E-state index contributed by atoms with van der Waals surface area (Å²) in [6.45, 7) is 5.48. The van der Waals surface area contributed by atoms with Crippen molar-refractivity contribution < 1.29 is 0 Å². The zero-order valence-electron chi connectivity index (χ0n) is 16.6. The summed E-state index contributed by atoms with van der Waals surface area (Å²) in [5.74, 6) is 1.00. The molecule has 2 N–H and O–H groups in total. The van der Waals surface area contributed by atoms with Crippen LogP contribution in [0.1, 0.15) is 129 Å². The molecule has 1 heteroatoms. The SMILES string of the molecule is CCCCCCCCCCC(CCCCCC)CCCCCN. The molecule has 0 aromatic rings. The summed E-state index contributed by atoms with van der Waals surface area (Å²) in [6, 6.07) is 0. The van der Waals surface area contributed by atoms with Crippen LogP contribution in [0.5, 0.6) is 0 Å². The van der Waals surface area contributed by atoms with Gasteiger partial charge in [0.1, 0.15) is 0 Å². The molecule has 23 heavy (non-hydrogen) atoms. The first-order chi connectivity index (χ1) is 11.3. The monoisotopic (exact) mass is 325 g/mol. The van der Waals surface area contributed by atoms with Crippen molar-refractivity contribution in [1.82, 2.24) is 0 Å². The number of hydrogen-bond donors (Lipinski definition) is 1. The summed E-state index contributed by atoms with van der Waals surface area (Å²) in [6.07, 6.45) is 25.7. The molecular weight excluding hydrogens is 278 g/mol. The highest BCUT2D eigenvalue weighted by Crippen LogP contribution is 2.24. The van der Waals surface area contributed by atoms with E-state index in [9.17, 15) is 0 Å². The highest BCUT2D eigenvalue weighted by atomic mass is 14.5. The van der Waals surface area contributed by atoms with Crippen LogP contribution in [0.15, 0.2) is 0 Å². The molecule has 140 valence electrons. The van der Waals surface area contributed by atoms with Gasteiger partial charge in [0, 0.05) is 0 Å². The number of rotatable bonds is 19. The zero-order valence-corrected chi connectivity index (χ0v) is 16.6. The Kier molecular flexibility index (Phi) is 20.0. The van der Waals surface area contributed by atoms with Gasteiger partial charge in [-0.05, 0) is 18.9 Å². The van der Waals surface area contributed by atoms with E-state index in [0.717, 1.165) is 12.5 Å². The van der Waals surface area contributed by atoms with Gasteiger partial charge in [-0.2, -0.15) is 0 Å². The minimum Gasteiger partial charge on any atom is -0.330 e. The third kappa shape index (κ3) is 18.1. The van der Waals surface area contributed by atoms with E-state index in [0.29, 0.717) is 0 Å². The Balaban J connectivity index is 3.64. The summed E-state index contributed by atoms with van der Waals surface area (Å²) >= 11 is 0. The predicted molar refractivity (Wildman–Crippen MR) is 107 cm³/mol. The lowest BCUT2D eigenvalue weighted by molar-refractivity contribution is 0.368. The van der Waals surface area contributed by atoms with Gasteiger partial charge in [0.2, 0.25) is 0 Å². The van der Waals surface area contributed by atoms with Gasteiger partial charge < -0.3 is 5.73 Å². The van der Waals surface area contributed by atoms with Gasteiger partial charge in [-0.3, -0.25) is 0 Å². The third-order valence-corrected chi connectivity index (χ3v) is 5.25. The first kappa shape index (κ1) is 23.0. The van der Waals surface area contributed by atoms with E-state index in [1.54, 1.807) is 0 Å². The van der Waals surface area contributed by atoms with Crippen molar-refractivity contribution in [2.45, 2.75) is 129 Å². The Bertz CT molecular complexity index is 190. The second kappa shape index (κ2) is 20.0. The standard InChI is InChI=1S/C22H47N/c1-3-5-7-9-10-11-12-15-19-22(18-14-8-6-4-2)20-16-13-17-21-23/h22H,3-21,23H2,1-2H3. The van der Waals surface area contributed by atoms with Crippen LogP contribution in [0.2, 0.25) is 0 Å². The van der Waals surface area contributed by atoms with Crippen molar-refractivity contribution in [2.24, 2.45) is 11.7 Å². The van der Waals surface area contributed by atoms with Crippen molar-refractivity contribution in [1.29, 1.82) is 0 Å². The molecule has 0 aliphatic carbocycles. The van der Waals surface area contributed by atoms with Crippen LogP contribution in [0.25, 0.3) is 0 Å². The van der Waals surface area contributed by atoms with Crippen molar-refractivity contribution in [3.8, 4) is 0 Å². The Morgan fingerprint density at radius 1 is 0.478 bits per heavy atom. The van der Waals surface area contributed by atoms with Crippen LogP contribution in [-0.4, -0.2) is 6.54 Å². The van der Waals surface area contributed by atoms with E-state index >= 15 is 0 Å². The Morgan fingerprint density at radius 3 is 1.26 bits per heavy atom. The summed E-state index contributed by atoms with van der Waals surface area (Å²) in [7, 11) is 0. The van der Waals surface area contributed by atoms with Gasteiger partial charge >= 0.3 is 0 Å². The zero-order chi connectivity index (χ0) is 17.0. The van der Waals surface area contributed by atoms with E-state index in [-0.39, 0.29) is 0 Å². The molecule has 0 aromatic heterocycles. The van der Waals surface area contributed by atoms with Gasteiger partial charge in [0.25, 0.3) is 0 Å². The van der Waals surface area contributed by atoms with Crippen molar-refractivity contribution >= 4 is 0 Å². The maximum atomic E-state index is 5.62. The molecule has 1 unspecified atom stereocenters. The number of hydrogen-bond acceptors (Lipinski definition) is 1. The quantitative estimate of drug-likeness (QED) is 0.243. The first-order valence-corrected chi connectivity index (χ1v) is 11.0. The van der Waals surface area contributed by atoms with Gasteiger partial charge in [-0.15, -0.1) is 0 Å². The average molecular weight is 326 g/mol. The maximum absolute atomic E-state index is 5.62. The normalized spacial score (nSPS) is 12.7. The number of nitrogens with two attached hydrogens (primary N) is 1. The molecule has 0 aliphatic rings. The van der Waals surface area contributed by atoms with E-state index in [4.69, 9.17) is 5.73 Å². The summed E-state index contributed by atoms with van der Waals surface area (Å²) in [5, 5.41) is 0. The van der Waals surface area contributed by atoms with Gasteiger partial charge in [0.05, 0.1) is 0 Å². The maximum Gasteiger partial charge on any atom is -0.00773 e. The predicted octanol–water partition coefficient (Wildman–Crippen LogP) is 7.62. The van der Waals surface area contributed by atoms with Crippen molar-refractivity contribution in [3.05, 3.63) is 0 Å². The Morgan fingerprint density at radius 2 is 0.826 bits per heavy atom. The largest absolute Gasteiger partial charge is 0.330 e. The molecule has 0 saturated heterocycles. The lowest BCUT2D eigenvalue weighted by atomic mass is 9.89. The van der Waals surface area contributed by atoms with E-state index in [1.807, 2.05) is 0 Å². The van der Waals surface area contributed by atoms with E-state index < -0.39 is 0 Å². The molecule has 1 nitrogen and oxygen atoms in total. The van der Waals surface area contributed by atoms with Gasteiger partial charge in [-0.25, -0.2) is 0 Å². The minimum atomic E-state index is 0.874. The van der Waals surface area contributed by atoms with Gasteiger partial charge in [-0.1, -0.05) is 123 Å². The fourth-order valence-electron chi connectivity index (χ4n) is 3.61. The lowest BCUT2D eigenvalue weighted by Crippen LogP contribution is -2.03. The molecule has 0 aliphatic heterocycles. The first-order valence-electron chi connectivity index (χ1n) is 11.0. The molecule has 1 atom stereocenters. The van der Waals surface area contributed by atoms with Crippen LogP contribution in [-0.2, 0) is 0 Å². The Hall–Kier alpha value is -0.0400. The summed E-state index contributed by atoms with van der Waals surface area (Å²) in [5.41, 5.74) is 5.62. The molecule has 0 rings (SSSR count). The lowest BCUT2D eigenvalue weighted by Gasteiger charge is -2.17. The highest BCUT2D eigenvalue weighted by Gasteiger charge is 2.08. The number of unbranched alkanes of at least 4 members (excludes halogenated alkanes) is 12. The van der Waals surface area contributed by atoms with Crippen LogP contribution in [0.3, 0.4) is 0 Å². The highest BCUT2D eigenvalue weighted by molar-refractivity contribution is 4.62. The molecule has 0 radical (unpaired) electrons. The molecule has 0 saturated carbocycles. The van der Waals surface area contributed by atoms with Crippen molar-refractivity contribution in [3.63, 3.8) is 0 Å². The molecule has 0 amide bonds. The van der Waals surface area contributed by atoms with Crippen LogP contribution in [0, 0.1) is 5.92 Å². The Labute approximate surface area is 148 Å². The third-order valence-electron chi connectivity index (χ3n) is 5.25. The molecule has 0 fully saturated rings. The smallest absolute Gasteiger partial charge is 0.00773 e. The van der Waals surface area contributed by atoms with E-state index in [1.165, 1.54) is 116 Å². The van der Waals surface area contributed by atoms with Crippen LogP contribution >= 0.6 is 0 Å². The topological polar surface area (TPSA) is 26.0 Å². The van der Waals surface area contributed by atoms with Crippen LogP contribution < -0.4 is 5.73 Å².